The molecule has 1 amide bonds. The zero-order chi connectivity index (χ0) is 31.9. The molecule has 0 unspecified atom stereocenters. The van der Waals surface area contributed by atoms with Crippen molar-refractivity contribution in [3.05, 3.63) is 47.5 Å². The second-order valence-corrected chi connectivity index (χ2v) is 10.8. The number of carbonyl (C=O) groups is 4. The number of piperidine rings is 2. The number of ether oxygens (including phenoxy) is 4. The van der Waals surface area contributed by atoms with Crippen LogP contribution in [0, 0.1) is 0 Å². The van der Waals surface area contributed by atoms with E-state index in [-0.39, 0.29) is 66.4 Å². The number of hydrogen-bond donors (Lipinski definition) is 1. The van der Waals surface area contributed by atoms with Crippen LogP contribution in [0.3, 0.4) is 0 Å². The second-order valence-electron chi connectivity index (χ2n) is 10.5. The van der Waals surface area contributed by atoms with Gasteiger partial charge in [0.1, 0.15) is 11.6 Å². The number of methoxy groups -OCH3 is 2. The minimum Gasteiger partial charge on any atom is -0.870 e. The molecule has 46 heavy (non-hydrogen) atoms. The van der Waals surface area contributed by atoms with E-state index in [9.17, 15) is 19.2 Å². The van der Waals surface area contributed by atoms with Gasteiger partial charge in [-0.1, -0.05) is 7.43 Å². The fourth-order valence-corrected chi connectivity index (χ4v) is 4.26. The standard InChI is InChI=1S/C16H21NO4.C11H13ClO3.C5H9NO.CH4.Na.H2O/c1-11(2)21-14-5-4-12(10-15(14)20-3)16(19)17-8-6-13(18)7-9-17;1-7(2)15-9-5-4-8(11(12)13)6-10(9)14-3;7-5-1-3-6-4-2-5;;;/h4-5,10-11H,6-9H2,1-3H3;4-7H,1-3H3;6H,1-4H2;1H4;;1H2/q;;;;+1;/p-1. The number of halogens is 1. The zero-order valence-corrected chi connectivity index (χ0v) is 30.1. The van der Waals surface area contributed by atoms with E-state index in [2.05, 4.69) is 5.32 Å². The van der Waals surface area contributed by atoms with Gasteiger partial charge in [0.2, 0.25) is 0 Å². The van der Waals surface area contributed by atoms with Gasteiger partial charge in [0, 0.05) is 63.0 Å². The molecule has 0 radical (unpaired) electrons. The average molecular weight is 675 g/mol. The molecule has 0 aliphatic carbocycles. The molecule has 2 N–H and O–H groups in total. The number of ketones is 2. The summed E-state index contributed by atoms with van der Waals surface area (Å²) in [5.74, 6) is 2.83. The van der Waals surface area contributed by atoms with Crippen LogP contribution in [-0.4, -0.2) is 85.7 Å². The van der Waals surface area contributed by atoms with Crippen molar-refractivity contribution in [2.75, 3.05) is 40.4 Å². The minimum absolute atomic E-state index is 0. The number of rotatable bonds is 8. The van der Waals surface area contributed by atoms with Gasteiger partial charge < -0.3 is 34.6 Å². The van der Waals surface area contributed by atoms with E-state index in [0.717, 1.165) is 25.9 Å². The monoisotopic (exact) mass is 674 g/mol. The Labute approximate surface area is 300 Å². The molecule has 2 aromatic carbocycles. The molecule has 2 fully saturated rings. The van der Waals surface area contributed by atoms with Crippen LogP contribution >= 0.6 is 11.6 Å². The van der Waals surface area contributed by atoms with Crippen LogP contribution < -0.4 is 53.8 Å². The number of Topliss-reactive ketones (excluding diaryl/α,β-unsaturated/α-hetero) is 2. The number of likely N-dealkylation sites (tertiary alicyclic amines) is 1. The van der Waals surface area contributed by atoms with Crippen molar-refractivity contribution in [2.45, 2.75) is 73.0 Å². The quantitative estimate of drug-likeness (QED) is 0.327. The SMILES string of the molecule is C.COc1cc(C(=O)Cl)ccc1OC(C)C.COc1cc(C(=O)N2CCC(=O)CC2)ccc1OC(C)C.O=C1CCNCC1.[Na+].[OH-]. The number of amides is 1. The molecule has 0 saturated carbocycles. The molecule has 11 nitrogen and oxygen atoms in total. The molecule has 0 aromatic heterocycles. The Balaban J connectivity index is 0. The number of nitrogens with one attached hydrogen (secondary N) is 1. The van der Waals surface area contributed by atoms with Gasteiger partial charge in [-0.15, -0.1) is 0 Å². The Kier molecular flexibility index (Phi) is 23.3. The van der Waals surface area contributed by atoms with E-state index in [1.165, 1.54) is 7.11 Å². The summed E-state index contributed by atoms with van der Waals surface area (Å²) in [6.07, 6.45) is 2.44. The third-order valence-corrected chi connectivity index (χ3v) is 6.51. The fraction of sp³-hybridized carbons (Fsp3) is 0.515. The van der Waals surface area contributed by atoms with Gasteiger partial charge in [0.25, 0.3) is 11.1 Å². The van der Waals surface area contributed by atoms with Gasteiger partial charge >= 0.3 is 29.6 Å². The van der Waals surface area contributed by atoms with Crippen molar-refractivity contribution in [3.63, 3.8) is 0 Å². The van der Waals surface area contributed by atoms with Gasteiger partial charge in [-0.2, -0.15) is 0 Å². The van der Waals surface area contributed by atoms with Crippen LogP contribution in [0.1, 0.15) is 81.5 Å². The predicted molar refractivity (Wildman–Crippen MR) is 174 cm³/mol. The summed E-state index contributed by atoms with van der Waals surface area (Å²) in [4.78, 5) is 46.7. The number of nitrogens with zero attached hydrogens (tertiary/aromatic N) is 1. The Hall–Kier alpha value is -2.67. The van der Waals surface area contributed by atoms with Gasteiger partial charge in [-0.05, 0) is 75.7 Å². The molecule has 4 rings (SSSR count). The van der Waals surface area contributed by atoms with E-state index < -0.39 is 5.24 Å². The molecule has 0 bridgehead atoms. The van der Waals surface area contributed by atoms with Crippen LogP contribution in [0.4, 0.5) is 0 Å². The Bertz CT molecular complexity index is 1240. The smallest absolute Gasteiger partial charge is 0.870 e. The Morgan fingerprint density at radius 3 is 1.52 bits per heavy atom. The molecule has 252 valence electrons. The van der Waals surface area contributed by atoms with Gasteiger partial charge in [0.15, 0.2) is 23.0 Å². The maximum absolute atomic E-state index is 12.4. The first-order chi connectivity index (χ1) is 20.4. The van der Waals surface area contributed by atoms with E-state index >= 15 is 0 Å². The maximum atomic E-state index is 12.4. The summed E-state index contributed by atoms with van der Waals surface area (Å²) in [6.45, 7) is 10.5. The van der Waals surface area contributed by atoms with Crippen molar-refractivity contribution in [2.24, 2.45) is 0 Å². The zero-order valence-electron chi connectivity index (χ0n) is 27.3. The van der Waals surface area contributed by atoms with Crippen molar-refractivity contribution in [3.8, 4) is 23.0 Å². The minimum atomic E-state index is -0.510. The largest absolute Gasteiger partial charge is 1.00 e. The molecule has 2 aromatic rings. The third-order valence-electron chi connectivity index (χ3n) is 6.30. The van der Waals surface area contributed by atoms with Crippen LogP contribution in [0.2, 0.25) is 0 Å². The van der Waals surface area contributed by atoms with E-state index in [0.29, 0.717) is 65.8 Å². The molecule has 2 saturated heterocycles. The van der Waals surface area contributed by atoms with Crippen molar-refractivity contribution >= 4 is 34.3 Å². The van der Waals surface area contributed by atoms with Crippen LogP contribution in [0.25, 0.3) is 0 Å². The van der Waals surface area contributed by atoms with Crippen molar-refractivity contribution < 1.29 is 73.2 Å². The molecule has 0 spiro atoms. The molecule has 2 aliphatic heterocycles. The molecular weight excluding hydrogens is 627 g/mol. The van der Waals surface area contributed by atoms with E-state index in [1.807, 2.05) is 27.7 Å². The summed E-state index contributed by atoms with van der Waals surface area (Å²) < 4.78 is 21.5. The van der Waals surface area contributed by atoms with Crippen LogP contribution in [0.5, 0.6) is 23.0 Å². The topological polar surface area (TPSA) is 150 Å². The van der Waals surface area contributed by atoms with Gasteiger partial charge in [0.05, 0.1) is 26.4 Å². The summed E-state index contributed by atoms with van der Waals surface area (Å²) >= 11 is 5.35. The predicted octanol–water partition coefficient (Wildman–Crippen LogP) is 2.55. The van der Waals surface area contributed by atoms with E-state index in [4.69, 9.17) is 30.5 Å². The maximum Gasteiger partial charge on any atom is 1.00 e. The Morgan fingerprint density at radius 1 is 0.739 bits per heavy atom. The number of hydrogen-bond acceptors (Lipinski definition) is 10. The van der Waals surface area contributed by atoms with E-state index in [1.54, 1.807) is 48.4 Å². The summed E-state index contributed by atoms with van der Waals surface area (Å²) in [7, 11) is 3.07. The first-order valence-corrected chi connectivity index (χ1v) is 14.8. The number of benzene rings is 2. The first kappa shape index (κ1) is 45.5. The van der Waals surface area contributed by atoms with Crippen LogP contribution in [0.15, 0.2) is 36.4 Å². The second kappa shape index (κ2) is 23.6. The summed E-state index contributed by atoms with van der Waals surface area (Å²) in [5.41, 5.74) is 0.946. The normalized spacial score (nSPS) is 13.7. The number of carbonyl (C=O) groups excluding carboxylic acids is 4. The Morgan fingerprint density at radius 2 is 1.15 bits per heavy atom. The first-order valence-electron chi connectivity index (χ1n) is 14.4. The van der Waals surface area contributed by atoms with Crippen molar-refractivity contribution in [1.29, 1.82) is 0 Å². The molecule has 13 heteroatoms. The molecular formula is C33H48ClN2NaO9. The van der Waals surface area contributed by atoms with Gasteiger partial charge in [-0.3, -0.25) is 19.2 Å². The molecule has 2 aliphatic rings. The van der Waals surface area contributed by atoms with Gasteiger partial charge in [-0.25, -0.2) is 0 Å². The average Bonchev–Trinajstić information content (AvgIpc) is 2.98. The molecule has 0 atom stereocenters. The summed E-state index contributed by atoms with van der Waals surface area (Å²) in [5, 5.41) is 2.58. The van der Waals surface area contributed by atoms with Crippen LogP contribution in [-0.2, 0) is 9.59 Å². The fourth-order valence-electron chi connectivity index (χ4n) is 4.14. The molecule has 2 heterocycles. The third kappa shape index (κ3) is 15.8. The van der Waals surface area contributed by atoms with Crippen molar-refractivity contribution in [1.82, 2.24) is 10.2 Å². The summed E-state index contributed by atoms with van der Waals surface area (Å²) in [6, 6.07) is 10.0.